The molecule has 94 valence electrons. The van der Waals surface area contributed by atoms with Crippen molar-refractivity contribution >= 4 is 5.91 Å². The molecule has 0 aromatic rings. The summed E-state index contributed by atoms with van der Waals surface area (Å²) >= 11 is 0. The van der Waals surface area contributed by atoms with Gasteiger partial charge in [0.05, 0.1) is 12.7 Å². The first-order valence-electron chi connectivity index (χ1n) is 5.44. The Balaban J connectivity index is 2.13. The van der Waals surface area contributed by atoms with Crippen LogP contribution in [0.3, 0.4) is 0 Å². The van der Waals surface area contributed by atoms with E-state index in [4.69, 9.17) is 9.84 Å². The zero-order chi connectivity index (χ0) is 12.6. The summed E-state index contributed by atoms with van der Waals surface area (Å²) < 4.78 is 5.49. The first kappa shape index (κ1) is 12.1. The molecule has 6 heteroatoms. The molecule has 0 aromatic carbocycles. The van der Waals surface area contributed by atoms with Crippen molar-refractivity contribution in [2.45, 2.75) is 31.8 Å². The van der Waals surface area contributed by atoms with Crippen molar-refractivity contribution in [3.63, 3.8) is 0 Å². The van der Waals surface area contributed by atoms with Gasteiger partial charge in [-0.3, -0.25) is 4.79 Å². The van der Waals surface area contributed by atoms with Crippen molar-refractivity contribution in [2.75, 3.05) is 6.61 Å². The number of hydrogen-bond acceptors (Lipinski definition) is 5. The summed E-state index contributed by atoms with van der Waals surface area (Å²) in [7, 11) is 0. The number of ether oxygens (including phenoxy) is 1. The summed E-state index contributed by atoms with van der Waals surface area (Å²) in [6, 6.07) is 0. The van der Waals surface area contributed by atoms with Gasteiger partial charge in [-0.05, 0) is 6.92 Å². The average Bonchev–Trinajstić information content (AvgIpc) is 2.65. The maximum Gasteiger partial charge on any atom is 0.253 e. The molecular formula is C11H16N2O4. The van der Waals surface area contributed by atoms with Gasteiger partial charge in [-0.1, -0.05) is 6.58 Å². The largest absolute Gasteiger partial charge is 0.394 e. The van der Waals surface area contributed by atoms with E-state index in [1.54, 1.807) is 18.0 Å². The highest BCUT2D eigenvalue weighted by Gasteiger charge is 2.38. The minimum atomic E-state index is -0.705. The molecule has 0 radical (unpaired) electrons. The summed E-state index contributed by atoms with van der Waals surface area (Å²) in [5.41, 5.74) is 0.544. The molecule has 2 aliphatic heterocycles. The lowest BCUT2D eigenvalue weighted by atomic mass is 10.2. The summed E-state index contributed by atoms with van der Waals surface area (Å²) in [5.74, 6) is 0.222. The predicted octanol–water partition coefficient (Wildman–Crippen LogP) is -0.739. The zero-order valence-electron chi connectivity index (χ0n) is 9.59. The van der Waals surface area contributed by atoms with Gasteiger partial charge in [0.2, 0.25) is 0 Å². The van der Waals surface area contributed by atoms with Gasteiger partial charge in [-0.25, -0.2) is 0 Å². The van der Waals surface area contributed by atoms with E-state index in [-0.39, 0.29) is 12.5 Å². The van der Waals surface area contributed by atoms with Crippen LogP contribution in [0.5, 0.6) is 0 Å². The van der Waals surface area contributed by atoms with Gasteiger partial charge in [0.1, 0.15) is 18.2 Å². The Kier molecular flexibility index (Phi) is 3.19. The standard InChI is InChI=1S/C11H16N2O4/c1-6-4-13(7(2)12-11(6)16)10-3-8(15)9(5-14)17-10/h4,8-10,14-15H,2-3,5H2,1H3,(H,12,16)/t8-,9-,10-/m1/s1/i14+2,15+2. The highest BCUT2D eigenvalue weighted by Crippen LogP contribution is 2.27. The topological polar surface area (TPSA) is 82.0 Å². The Labute approximate surface area is 99.2 Å². The van der Waals surface area contributed by atoms with Gasteiger partial charge in [-0.2, -0.15) is 0 Å². The van der Waals surface area contributed by atoms with Crippen LogP contribution < -0.4 is 5.32 Å². The van der Waals surface area contributed by atoms with Gasteiger partial charge >= 0.3 is 0 Å². The van der Waals surface area contributed by atoms with E-state index in [0.29, 0.717) is 17.8 Å². The van der Waals surface area contributed by atoms with E-state index in [0.717, 1.165) is 0 Å². The number of nitrogens with zero attached hydrogens (tertiary/aromatic N) is 1. The fourth-order valence-corrected chi connectivity index (χ4v) is 1.95. The van der Waals surface area contributed by atoms with Crippen LogP contribution >= 0.6 is 0 Å². The molecule has 2 aliphatic rings. The number of amides is 1. The molecule has 0 spiro atoms. The van der Waals surface area contributed by atoms with E-state index < -0.39 is 18.4 Å². The number of aliphatic hydroxyl groups is 2. The SMILES string of the molecule is C=C1NC(=O)C(C)=CN1[C@H]1C[C@@H]([18OH])[C@@H](C[18OH])O1. The average molecular weight is 244 g/mol. The third kappa shape index (κ3) is 2.19. The molecule has 3 N–H and O–H groups in total. The Hall–Kier alpha value is -1.37. The first-order chi connectivity index (χ1) is 8.02. The zero-order valence-corrected chi connectivity index (χ0v) is 9.59. The number of nitrogens with one attached hydrogen (secondary N) is 1. The molecular weight excluding hydrogens is 228 g/mol. The van der Waals surface area contributed by atoms with Gasteiger partial charge in [0.15, 0.2) is 0 Å². The van der Waals surface area contributed by atoms with Crippen molar-refractivity contribution in [1.82, 2.24) is 10.2 Å². The molecule has 0 aromatic heterocycles. The Morgan fingerprint density at radius 1 is 1.71 bits per heavy atom. The second-order valence-electron chi connectivity index (χ2n) is 4.24. The second-order valence-corrected chi connectivity index (χ2v) is 4.24. The summed E-state index contributed by atoms with van der Waals surface area (Å²) in [4.78, 5) is 13.0. The highest BCUT2D eigenvalue weighted by atomic mass is 18.2. The maximum absolute atomic E-state index is 11.4. The van der Waals surface area contributed by atoms with Crippen LogP contribution in [0.2, 0.25) is 0 Å². The van der Waals surface area contributed by atoms with Crippen LogP contribution in [0.15, 0.2) is 24.2 Å². The third-order valence-corrected chi connectivity index (χ3v) is 2.95. The first-order valence-corrected chi connectivity index (χ1v) is 5.44. The van der Waals surface area contributed by atoms with Gasteiger partial charge in [0, 0.05) is 18.2 Å². The van der Waals surface area contributed by atoms with E-state index in [9.17, 15) is 9.90 Å². The minimum absolute atomic E-state index is 0.191. The maximum atomic E-state index is 11.4. The number of carbonyl (C=O) groups is 1. The van der Waals surface area contributed by atoms with Gasteiger partial charge in [0.25, 0.3) is 5.91 Å². The summed E-state index contributed by atoms with van der Waals surface area (Å²) in [5, 5.41) is 21.2. The number of aliphatic hydroxyl groups excluding tert-OH is 2. The van der Waals surface area contributed by atoms with Crippen molar-refractivity contribution in [3.05, 3.63) is 24.2 Å². The Bertz CT molecular complexity index is 380. The lowest BCUT2D eigenvalue weighted by Crippen LogP contribution is -2.42. The summed E-state index contributed by atoms with van der Waals surface area (Å²) in [6.07, 6.45) is 0.302. The molecule has 3 atom stereocenters. The molecule has 0 saturated carbocycles. The van der Waals surface area contributed by atoms with E-state index in [2.05, 4.69) is 11.9 Å². The highest BCUT2D eigenvalue weighted by molar-refractivity contribution is 5.94. The fourth-order valence-electron chi connectivity index (χ4n) is 1.95. The van der Waals surface area contributed by atoms with Crippen LogP contribution in [0.1, 0.15) is 13.3 Å². The lowest BCUT2D eigenvalue weighted by molar-refractivity contribution is -0.118. The normalized spacial score (nSPS) is 33.7. The van der Waals surface area contributed by atoms with Gasteiger partial charge in [-0.15, -0.1) is 0 Å². The Morgan fingerprint density at radius 2 is 2.41 bits per heavy atom. The molecule has 2 rings (SSSR count). The van der Waals surface area contributed by atoms with Crippen LogP contribution in [0.4, 0.5) is 0 Å². The van der Waals surface area contributed by atoms with E-state index >= 15 is 0 Å². The third-order valence-electron chi connectivity index (χ3n) is 2.95. The van der Waals surface area contributed by atoms with Crippen molar-refractivity contribution in [2.24, 2.45) is 0 Å². The lowest BCUT2D eigenvalue weighted by Gasteiger charge is -2.32. The van der Waals surface area contributed by atoms with Crippen molar-refractivity contribution in [3.8, 4) is 0 Å². The molecule has 6 nitrogen and oxygen atoms in total. The van der Waals surface area contributed by atoms with Gasteiger partial charge < -0.3 is 25.2 Å². The predicted molar refractivity (Wildman–Crippen MR) is 59.2 cm³/mol. The van der Waals surface area contributed by atoms with Crippen LogP contribution in [0, 0.1) is 0 Å². The number of carbonyl (C=O) groups excluding carboxylic acids is 1. The number of hydrogen-bond donors (Lipinski definition) is 3. The van der Waals surface area contributed by atoms with Crippen molar-refractivity contribution < 1.29 is 19.7 Å². The fraction of sp³-hybridized carbons (Fsp3) is 0.545. The van der Waals surface area contributed by atoms with Crippen LogP contribution in [0.25, 0.3) is 0 Å². The second kappa shape index (κ2) is 4.48. The number of rotatable bonds is 2. The monoisotopic (exact) mass is 244 g/mol. The molecule has 1 fully saturated rings. The minimum Gasteiger partial charge on any atom is -0.394 e. The molecule has 1 amide bonds. The molecule has 1 saturated heterocycles. The van der Waals surface area contributed by atoms with E-state index in [1.807, 2.05) is 0 Å². The quantitative estimate of drug-likeness (QED) is 0.557. The molecule has 17 heavy (non-hydrogen) atoms. The molecule has 0 bridgehead atoms. The molecule has 2 heterocycles. The summed E-state index contributed by atoms with van der Waals surface area (Å²) in [6.45, 7) is 5.18. The smallest absolute Gasteiger partial charge is 0.253 e. The van der Waals surface area contributed by atoms with E-state index in [1.165, 1.54) is 0 Å². The Morgan fingerprint density at radius 3 is 3.00 bits per heavy atom. The molecule has 0 unspecified atom stereocenters. The van der Waals surface area contributed by atoms with Crippen LogP contribution in [-0.2, 0) is 9.53 Å². The molecule has 0 aliphatic carbocycles. The van der Waals surface area contributed by atoms with Crippen molar-refractivity contribution in [1.29, 1.82) is 0 Å². The van der Waals surface area contributed by atoms with Crippen LogP contribution in [-0.4, -0.2) is 46.1 Å².